The first kappa shape index (κ1) is 19.9. The van der Waals surface area contributed by atoms with Gasteiger partial charge in [-0.15, -0.1) is 24.0 Å². The average Bonchev–Trinajstić information content (AvgIpc) is 3.39. The zero-order valence-electron chi connectivity index (χ0n) is 15.7. The molecule has 4 rings (SSSR count). The zero-order chi connectivity index (χ0) is 17.2. The Labute approximate surface area is 173 Å². The molecule has 0 aliphatic carbocycles. The van der Waals surface area contributed by atoms with Gasteiger partial charge in [-0.1, -0.05) is 0 Å². The molecule has 1 aromatic rings. The summed E-state index contributed by atoms with van der Waals surface area (Å²) in [6, 6.07) is 4.81. The quantitative estimate of drug-likeness (QED) is 0.391. The topological polar surface area (TPSA) is 62.0 Å². The van der Waals surface area contributed by atoms with Gasteiger partial charge in [-0.3, -0.25) is 9.89 Å². The Morgan fingerprint density at radius 1 is 1.31 bits per heavy atom. The number of furan rings is 1. The molecule has 3 fully saturated rings. The van der Waals surface area contributed by atoms with Gasteiger partial charge in [-0.2, -0.15) is 0 Å². The Morgan fingerprint density at radius 2 is 2.12 bits per heavy atom. The standard InChI is InChI=1S/C19H30N4O2.HI/c1-13-5-7-18(24-13)16(23-9-3-4-10-23)12-21-19(20-2)22-15-11-14-6-8-17(15)25-14;/h5,7,14-17H,3-4,6,8-12H2,1-2H3,(H2,20,21,22);1H. The van der Waals surface area contributed by atoms with Crippen LogP contribution in [-0.4, -0.2) is 55.8 Å². The number of likely N-dealkylation sites (tertiary alicyclic amines) is 1. The van der Waals surface area contributed by atoms with E-state index < -0.39 is 0 Å². The summed E-state index contributed by atoms with van der Waals surface area (Å²) in [6.07, 6.45) is 6.82. The van der Waals surface area contributed by atoms with Gasteiger partial charge in [0.15, 0.2) is 5.96 Å². The molecule has 4 unspecified atom stereocenters. The van der Waals surface area contributed by atoms with Gasteiger partial charge in [-0.25, -0.2) is 0 Å². The molecule has 4 atom stereocenters. The Morgan fingerprint density at radius 3 is 2.69 bits per heavy atom. The van der Waals surface area contributed by atoms with E-state index in [1.165, 1.54) is 25.7 Å². The number of aliphatic imine (C=N–C) groups is 1. The first-order valence-electron chi connectivity index (χ1n) is 9.66. The van der Waals surface area contributed by atoms with E-state index in [0.717, 1.165) is 43.5 Å². The number of nitrogens with zero attached hydrogens (tertiary/aromatic N) is 2. The molecular weight excluding hydrogens is 443 g/mol. The first-order chi connectivity index (χ1) is 12.2. The first-order valence-corrected chi connectivity index (χ1v) is 9.66. The van der Waals surface area contributed by atoms with Crippen molar-refractivity contribution in [2.45, 2.75) is 63.3 Å². The van der Waals surface area contributed by atoms with Crippen molar-refractivity contribution >= 4 is 29.9 Å². The third-order valence-electron chi connectivity index (χ3n) is 5.79. The third kappa shape index (κ3) is 4.36. The van der Waals surface area contributed by atoms with E-state index >= 15 is 0 Å². The molecule has 3 aliphatic rings. The van der Waals surface area contributed by atoms with E-state index in [1.54, 1.807) is 0 Å². The Balaban J connectivity index is 0.00000196. The van der Waals surface area contributed by atoms with Gasteiger partial charge < -0.3 is 19.8 Å². The summed E-state index contributed by atoms with van der Waals surface area (Å²) in [6.45, 7) is 5.08. The predicted molar refractivity (Wildman–Crippen MR) is 113 cm³/mol. The molecule has 4 heterocycles. The van der Waals surface area contributed by atoms with Gasteiger partial charge in [0.05, 0.1) is 24.3 Å². The highest BCUT2D eigenvalue weighted by molar-refractivity contribution is 14.0. The number of nitrogens with one attached hydrogen (secondary N) is 2. The minimum absolute atomic E-state index is 0. The zero-order valence-corrected chi connectivity index (χ0v) is 18.1. The van der Waals surface area contributed by atoms with Crippen LogP contribution in [0.2, 0.25) is 0 Å². The van der Waals surface area contributed by atoms with Crippen molar-refractivity contribution in [2.75, 3.05) is 26.7 Å². The number of fused-ring (bicyclic) bond motifs is 2. The van der Waals surface area contributed by atoms with E-state index in [4.69, 9.17) is 9.15 Å². The predicted octanol–water partition coefficient (Wildman–Crippen LogP) is 2.83. The molecule has 0 saturated carbocycles. The maximum absolute atomic E-state index is 5.94. The molecule has 26 heavy (non-hydrogen) atoms. The summed E-state index contributed by atoms with van der Waals surface area (Å²) in [4.78, 5) is 6.94. The molecule has 0 aromatic carbocycles. The average molecular weight is 474 g/mol. The van der Waals surface area contributed by atoms with Gasteiger partial charge in [0, 0.05) is 13.6 Å². The van der Waals surface area contributed by atoms with Crippen LogP contribution in [0.1, 0.15) is 49.7 Å². The largest absolute Gasteiger partial charge is 0.465 e. The summed E-state index contributed by atoms with van der Waals surface area (Å²) < 4.78 is 11.9. The van der Waals surface area contributed by atoms with E-state index in [2.05, 4.69) is 32.7 Å². The number of halogens is 1. The number of hydrogen-bond acceptors (Lipinski definition) is 4. The molecule has 2 N–H and O–H groups in total. The highest BCUT2D eigenvalue weighted by Crippen LogP contribution is 2.34. The molecule has 7 heteroatoms. The van der Waals surface area contributed by atoms with Crippen molar-refractivity contribution < 1.29 is 9.15 Å². The third-order valence-corrected chi connectivity index (χ3v) is 5.79. The Kier molecular flexibility index (Phi) is 6.85. The summed E-state index contributed by atoms with van der Waals surface area (Å²) in [5.74, 6) is 2.89. The SMILES string of the molecule is CN=C(NCC(c1ccc(C)o1)N1CCCC1)NC1CC2CCC1O2.I. The normalized spacial score (nSPS) is 29.6. The Hall–Kier alpha value is -0.800. The van der Waals surface area contributed by atoms with Crippen LogP contribution in [0.25, 0.3) is 0 Å². The fraction of sp³-hybridized carbons (Fsp3) is 0.737. The van der Waals surface area contributed by atoms with Gasteiger partial charge >= 0.3 is 0 Å². The summed E-state index contributed by atoms with van der Waals surface area (Å²) in [5.41, 5.74) is 0. The number of rotatable bonds is 5. The maximum Gasteiger partial charge on any atom is 0.191 e. The number of hydrogen-bond donors (Lipinski definition) is 2. The highest BCUT2D eigenvalue weighted by atomic mass is 127. The summed E-state index contributed by atoms with van der Waals surface area (Å²) >= 11 is 0. The molecule has 2 bridgehead atoms. The summed E-state index contributed by atoms with van der Waals surface area (Å²) in [5, 5.41) is 7.09. The maximum atomic E-state index is 5.94. The molecule has 0 spiro atoms. The minimum Gasteiger partial charge on any atom is -0.465 e. The fourth-order valence-electron chi connectivity index (χ4n) is 4.45. The van der Waals surface area contributed by atoms with Crippen molar-refractivity contribution in [2.24, 2.45) is 4.99 Å². The van der Waals surface area contributed by atoms with Crippen LogP contribution in [0.3, 0.4) is 0 Å². The lowest BCUT2D eigenvalue weighted by atomic mass is 9.96. The van der Waals surface area contributed by atoms with Crippen LogP contribution >= 0.6 is 24.0 Å². The summed E-state index contributed by atoms with van der Waals surface area (Å²) in [7, 11) is 1.84. The number of aryl methyl sites for hydroxylation is 1. The lowest BCUT2D eigenvalue weighted by molar-refractivity contribution is 0.0992. The highest BCUT2D eigenvalue weighted by Gasteiger charge is 2.41. The van der Waals surface area contributed by atoms with Crippen LogP contribution in [0.5, 0.6) is 0 Å². The lowest BCUT2D eigenvalue weighted by Gasteiger charge is -2.28. The Bertz CT molecular complexity index is 614. The van der Waals surface area contributed by atoms with Crippen molar-refractivity contribution in [1.29, 1.82) is 0 Å². The van der Waals surface area contributed by atoms with Crippen LogP contribution in [0, 0.1) is 6.92 Å². The second-order valence-corrected chi connectivity index (χ2v) is 7.52. The van der Waals surface area contributed by atoms with Crippen LogP contribution < -0.4 is 10.6 Å². The van der Waals surface area contributed by atoms with Gasteiger partial charge in [0.1, 0.15) is 11.5 Å². The molecule has 1 aromatic heterocycles. The van der Waals surface area contributed by atoms with E-state index in [-0.39, 0.29) is 30.0 Å². The van der Waals surface area contributed by atoms with E-state index in [0.29, 0.717) is 18.2 Å². The van der Waals surface area contributed by atoms with Crippen LogP contribution in [-0.2, 0) is 4.74 Å². The lowest BCUT2D eigenvalue weighted by Crippen LogP contribution is -2.49. The van der Waals surface area contributed by atoms with Gasteiger partial charge in [0.2, 0.25) is 0 Å². The number of guanidine groups is 1. The molecule has 146 valence electrons. The number of ether oxygens (including phenoxy) is 1. The van der Waals surface area contributed by atoms with Crippen LogP contribution in [0.15, 0.2) is 21.5 Å². The smallest absolute Gasteiger partial charge is 0.191 e. The van der Waals surface area contributed by atoms with Crippen molar-refractivity contribution in [3.8, 4) is 0 Å². The van der Waals surface area contributed by atoms with Crippen LogP contribution in [0.4, 0.5) is 0 Å². The fourth-order valence-corrected chi connectivity index (χ4v) is 4.45. The monoisotopic (exact) mass is 474 g/mol. The van der Waals surface area contributed by atoms with Crippen molar-refractivity contribution in [1.82, 2.24) is 15.5 Å². The van der Waals surface area contributed by atoms with Crippen molar-refractivity contribution in [3.63, 3.8) is 0 Å². The van der Waals surface area contributed by atoms with Crippen molar-refractivity contribution in [3.05, 3.63) is 23.7 Å². The molecular formula is C19H31IN4O2. The second kappa shape index (κ2) is 8.93. The van der Waals surface area contributed by atoms with E-state index in [9.17, 15) is 0 Å². The molecule has 6 nitrogen and oxygen atoms in total. The van der Waals surface area contributed by atoms with E-state index in [1.807, 2.05) is 14.0 Å². The molecule has 0 amide bonds. The van der Waals surface area contributed by atoms with Gasteiger partial charge in [-0.05, 0) is 64.3 Å². The minimum atomic E-state index is 0. The second-order valence-electron chi connectivity index (χ2n) is 7.52. The molecule has 0 radical (unpaired) electrons. The molecule has 3 saturated heterocycles. The van der Waals surface area contributed by atoms with Gasteiger partial charge in [0.25, 0.3) is 0 Å². The molecule has 3 aliphatic heterocycles.